The number of rotatable bonds is 4. The van der Waals surface area contributed by atoms with Gasteiger partial charge in [-0.1, -0.05) is 23.7 Å². The molecule has 27 heavy (non-hydrogen) atoms. The number of nitrogens with zero attached hydrogens (tertiary/aromatic N) is 3. The van der Waals surface area contributed by atoms with Crippen molar-refractivity contribution < 1.29 is 13.9 Å². The largest absolute Gasteiger partial charge is 0.467 e. The van der Waals surface area contributed by atoms with Crippen LogP contribution in [0.25, 0.3) is 0 Å². The summed E-state index contributed by atoms with van der Waals surface area (Å²) in [7, 11) is 0. The zero-order valence-electron chi connectivity index (χ0n) is 15.2. The number of hydrazone groups is 1. The number of hydrogen-bond donors (Lipinski definition) is 0. The van der Waals surface area contributed by atoms with Gasteiger partial charge in [0.2, 0.25) is 0 Å². The third-order valence-corrected chi connectivity index (χ3v) is 5.39. The zero-order valence-corrected chi connectivity index (χ0v) is 15.9. The predicted octanol–water partition coefficient (Wildman–Crippen LogP) is 3.33. The van der Waals surface area contributed by atoms with Crippen molar-refractivity contribution in [2.45, 2.75) is 25.4 Å². The molecule has 0 aliphatic carbocycles. The van der Waals surface area contributed by atoms with E-state index in [2.05, 4.69) is 10.0 Å². The molecule has 7 heteroatoms. The van der Waals surface area contributed by atoms with Gasteiger partial charge in [0.25, 0.3) is 5.91 Å². The van der Waals surface area contributed by atoms with Crippen molar-refractivity contribution >= 4 is 23.2 Å². The van der Waals surface area contributed by atoms with Gasteiger partial charge in [0.1, 0.15) is 11.8 Å². The lowest BCUT2D eigenvalue weighted by atomic mass is 10.0. The molecule has 1 fully saturated rings. The van der Waals surface area contributed by atoms with Crippen LogP contribution in [0, 0.1) is 0 Å². The van der Waals surface area contributed by atoms with E-state index in [-0.39, 0.29) is 18.0 Å². The summed E-state index contributed by atoms with van der Waals surface area (Å²) in [4.78, 5) is 15.4. The molecule has 2 aliphatic rings. The maximum Gasteiger partial charge on any atom is 0.260 e. The highest BCUT2D eigenvalue weighted by molar-refractivity contribution is 6.30. The minimum Gasteiger partial charge on any atom is -0.467 e. The van der Waals surface area contributed by atoms with Crippen LogP contribution < -0.4 is 0 Å². The van der Waals surface area contributed by atoms with Gasteiger partial charge in [-0.2, -0.15) is 5.10 Å². The van der Waals surface area contributed by atoms with Crippen LogP contribution in [0.15, 0.2) is 52.2 Å². The van der Waals surface area contributed by atoms with Crippen molar-refractivity contribution in [3.8, 4) is 0 Å². The lowest BCUT2D eigenvalue weighted by molar-refractivity contribution is -0.140. The summed E-state index contributed by atoms with van der Waals surface area (Å²) in [5.41, 5.74) is 1.82. The number of halogens is 1. The first-order valence-corrected chi connectivity index (χ1v) is 9.53. The molecule has 0 unspecified atom stereocenters. The highest BCUT2D eigenvalue weighted by atomic mass is 35.5. The van der Waals surface area contributed by atoms with Gasteiger partial charge in [-0.3, -0.25) is 9.69 Å². The Morgan fingerprint density at radius 3 is 2.63 bits per heavy atom. The van der Waals surface area contributed by atoms with E-state index in [1.54, 1.807) is 11.3 Å². The standard InChI is InChI=1S/C20H22ClN3O3/c1-14(23-8-11-26-12-9-23)20(25)24-18(19-3-2-10-27-19)13-17(22-24)15-4-6-16(21)7-5-15/h2-7,10,14,18H,8-9,11-13H2,1H3/t14-,18+/m0/s1. The summed E-state index contributed by atoms with van der Waals surface area (Å²) in [6.07, 6.45) is 2.24. The molecule has 2 aliphatic heterocycles. The van der Waals surface area contributed by atoms with Gasteiger partial charge in [-0.15, -0.1) is 0 Å². The molecule has 142 valence electrons. The number of hydrogen-bond acceptors (Lipinski definition) is 5. The Balaban J connectivity index is 1.61. The molecule has 2 atom stereocenters. The number of carbonyl (C=O) groups excluding carboxylic acids is 1. The van der Waals surface area contributed by atoms with Crippen molar-refractivity contribution in [3.05, 3.63) is 59.0 Å². The van der Waals surface area contributed by atoms with Crippen molar-refractivity contribution in [2.24, 2.45) is 5.10 Å². The van der Waals surface area contributed by atoms with Crippen LogP contribution in [-0.4, -0.2) is 53.9 Å². The fourth-order valence-corrected chi connectivity index (χ4v) is 3.67. The first-order valence-electron chi connectivity index (χ1n) is 9.15. The normalized spacial score (nSPS) is 21.9. The molecule has 1 aromatic heterocycles. The van der Waals surface area contributed by atoms with Crippen molar-refractivity contribution in [1.82, 2.24) is 9.91 Å². The van der Waals surface area contributed by atoms with Crippen molar-refractivity contribution in [3.63, 3.8) is 0 Å². The highest BCUT2D eigenvalue weighted by Crippen LogP contribution is 2.34. The number of furan rings is 1. The molecular formula is C20H22ClN3O3. The Bertz CT molecular complexity index is 814. The van der Waals surface area contributed by atoms with Crippen LogP contribution >= 0.6 is 11.6 Å². The van der Waals surface area contributed by atoms with Gasteiger partial charge in [0.15, 0.2) is 0 Å². The topological polar surface area (TPSA) is 58.3 Å². The number of carbonyl (C=O) groups is 1. The zero-order chi connectivity index (χ0) is 18.8. The third kappa shape index (κ3) is 3.78. The van der Waals surface area contributed by atoms with E-state index >= 15 is 0 Å². The molecule has 0 spiro atoms. The van der Waals surface area contributed by atoms with Crippen LogP contribution in [0.1, 0.15) is 30.7 Å². The molecule has 6 nitrogen and oxygen atoms in total. The lowest BCUT2D eigenvalue weighted by Crippen LogP contribution is -2.49. The van der Waals surface area contributed by atoms with E-state index in [9.17, 15) is 4.79 Å². The quantitative estimate of drug-likeness (QED) is 0.807. The SMILES string of the molecule is C[C@@H](C(=O)N1N=C(c2ccc(Cl)cc2)C[C@@H]1c1ccco1)N1CCOCC1. The lowest BCUT2D eigenvalue weighted by Gasteiger charge is -2.33. The summed E-state index contributed by atoms with van der Waals surface area (Å²) in [6, 6.07) is 10.8. The number of morpholine rings is 1. The van der Waals surface area contributed by atoms with E-state index in [0.29, 0.717) is 24.7 Å². The minimum atomic E-state index is -0.264. The van der Waals surface area contributed by atoms with Crippen LogP contribution in [0.5, 0.6) is 0 Å². The maximum absolute atomic E-state index is 13.3. The number of benzene rings is 1. The van der Waals surface area contributed by atoms with Gasteiger partial charge < -0.3 is 9.15 Å². The minimum absolute atomic E-state index is 0.0257. The molecule has 0 radical (unpaired) electrons. The van der Waals surface area contributed by atoms with Gasteiger partial charge in [0.05, 0.1) is 31.2 Å². The highest BCUT2D eigenvalue weighted by Gasteiger charge is 2.38. The van der Waals surface area contributed by atoms with Crippen molar-refractivity contribution in [1.29, 1.82) is 0 Å². The smallest absolute Gasteiger partial charge is 0.260 e. The maximum atomic E-state index is 13.3. The Hall–Kier alpha value is -2.15. The van der Waals surface area contributed by atoms with Crippen LogP contribution in [0.3, 0.4) is 0 Å². The molecule has 0 saturated carbocycles. The summed E-state index contributed by atoms with van der Waals surface area (Å²) < 4.78 is 11.0. The summed E-state index contributed by atoms with van der Waals surface area (Å²) in [5, 5.41) is 6.94. The van der Waals surface area contributed by atoms with Crippen LogP contribution in [-0.2, 0) is 9.53 Å². The predicted molar refractivity (Wildman–Crippen MR) is 103 cm³/mol. The number of amides is 1. The van der Waals surface area contributed by atoms with E-state index in [0.717, 1.165) is 30.1 Å². The molecule has 4 rings (SSSR count). The van der Waals surface area contributed by atoms with Crippen LogP contribution in [0.4, 0.5) is 0 Å². The summed E-state index contributed by atoms with van der Waals surface area (Å²) in [5.74, 6) is 0.715. The average molecular weight is 388 g/mol. The summed E-state index contributed by atoms with van der Waals surface area (Å²) in [6.45, 7) is 4.74. The fraction of sp³-hybridized carbons (Fsp3) is 0.400. The monoisotopic (exact) mass is 387 g/mol. The molecule has 2 aromatic rings. The molecule has 0 bridgehead atoms. The molecular weight excluding hydrogens is 366 g/mol. The molecule has 0 N–H and O–H groups in total. The second-order valence-corrected chi connectivity index (χ2v) is 7.23. The summed E-state index contributed by atoms with van der Waals surface area (Å²) >= 11 is 6.00. The van der Waals surface area contributed by atoms with Crippen molar-refractivity contribution in [2.75, 3.05) is 26.3 Å². The Morgan fingerprint density at radius 2 is 1.96 bits per heavy atom. The fourth-order valence-electron chi connectivity index (χ4n) is 3.55. The second kappa shape index (κ2) is 7.84. The van der Waals surface area contributed by atoms with E-state index in [1.165, 1.54) is 0 Å². The van der Waals surface area contributed by atoms with Gasteiger partial charge in [-0.05, 0) is 36.8 Å². The first-order chi connectivity index (χ1) is 13.1. The number of ether oxygens (including phenoxy) is 1. The first kappa shape index (κ1) is 18.2. The average Bonchev–Trinajstić information content (AvgIpc) is 3.38. The molecule has 1 amide bonds. The molecule has 1 aromatic carbocycles. The molecule has 3 heterocycles. The van der Waals surface area contributed by atoms with Gasteiger partial charge in [-0.25, -0.2) is 5.01 Å². The second-order valence-electron chi connectivity index (χ2n) is 6.80. The molecule has 1 saturated heterocycles. The Kier molecular flexibility index (Phi) is 5.29. The van der Waals surface area contributed by atoms with Gasteiger partial charge in [0, 0.05) is 24.5 Å². The van der Waals surface area contributed by atoms with E-state index in [1.807, 2.05) is 43.3 Å². The Morgan fingerprint density at radius 1 is 1.22 bits per heavy atom. The van der Waals surface area contributed by atoms with E-state index < -0.39 is 0 Å². The Labute approximate surface area is 163 Å². The van der Waals surface area contributed by atoms with Gasteiger partial charge >= 0.3 is 0 Å². The van der Waals surface area contributed by atoms with E-state index in [4.69, 9.17) is 20.8 Å². The third-order valence-electron chi connectivity index (χ3n) is 5.14. The van der Waals surface area contributed by atoms with Crippen LogP contribution in [0.2, 0.25) is 5.02 Å².